The molecule has 3 aromatic heterocycles. The molecule has 0 aliphatic rings. The highest BCUT2D eigenvalue weighted by Crippen LogP contribution is 2.30. The van der Waals surface area contributed by atoms with Crippen LogP contribution in [0.2, 0.25) is 0 Å². The number of aromatic nitrogens is 4. The molecule has 0 aliphatic carbocycles. The second-order valence-corrected chi connectivity index (χ2v) is 8.45. The zero-order chi connectivity index (χ0) is 23.2. The fraction of sp³-hybridized carbons (Fsp3) is 0.107. The number of benzene rings is 3. The summed E-state index contributed by atoms with van der Waals surface area (Å²) in [7, 11) is 0. The fourth-order valence-corrected chi connectivity index (χ4v) is 4.60. The summed E-state index contributed by atoms with van der Waals surface area (Å²) < 4.78 is 1.70. The molecule has 0 bridgehead atoms. The molecular formula is C28H23N5O. The van der Waals surface area contributed by atoms with Crippen LogP contribution in [0.25, 0.3) is 38.5 Å². The van der Waals surface area contributed by atoms with Crippen molar-refractivity contribution in [2.45, 2.75) is 20.3 Å². The number of nitrogens with one attached hydrogen (secondary N) is 2. The number of aromatic amines is 1. The summed E-state index contributed by atoms with van der Waals surface area (Å²) >= 11 is 0. The Balaban J connectivity index is 1.31. The van der Waals surface area contributed by atoms with E-state index in [0.29, 0.717) is 11.4 Å². The molecule has 0 atom stereocenters. The summed E-state index contributed by atoms with van der Waals surface area (Å²) in [6, 6.07) is 24.2. The van der Waals surface area contributed by atoms with Crippen LogP contribution in [0, 0.1) is 6.92 Å². The monoisotopic (exact) mass is 445 g/mol. The van der Waals surface area contributed by atoms with Gasteiger partial charge in [0.05, 0.1) is 23.0 Å². The van der Waals surface area contributed by atoms with Gasteiger partial charge in [-0.3, -0.25) is 4.79 Å². The van der Waals surface area contributed by atoms with E-state index in [-0.39, 0.29) is 5.91 Å². The number of amides is 1. The third kappa shape index (κ3) is 3.23. The number of H-pyrrole nitrogens is 1. The molecule has 34 heavy (non-hydrogen) atoms. The van der Waals surface area contributed by atoms with E-state index in [0.717, 1.165) is 45.1 Å². The SMILES string of the molecule is CCc1cccc2c1[nH]c1cc(NC(=O)c3cnn(-c4ccc5ccccc5n4)c3C)ccc12. The summed E-state index contributed by atoms with van der Waals surface area (Å²) in [5.74, 6) is 0.482. The fourth-order valence-electron chi connectivity index (χ4n) is 4.60. The molecule has 6 nitrogen and oxygen atoms in total. The maximum Gasteiger partial charge on any atom is 0.259 e. The molecule has 166 valence electrons. The lowest BCUT2D eigenvalue weighted by molar-refractivity contribution is 0.102. The normalized spacial score (nSPS) is 11.5. The number of fused-ring (bicyclic) bond motifs is 4. The van der Waals surface area contributed by atoms with Crippen molar-refractivity contribution >= 4 is 44.3 Å². The van der Waals surface area contributed by atoms with Gasteiger partial charge in [-0.2, -0.15) is 5.10 Å². The van der Waals surface area contributed by atoms with Gasteiger partial charge in [-0.05, 0) is 49.2 Å². The van der Waals surface area contributed by atoms with Gasteiger partial charge in [0.25, 0.3) is 5.91 Å². The summed E-state index contributed by atoms with van der Waals surface area (Å²) in [4.78, 5) is 21.3. The number of carbonyl (C=O) groups is 1. The first-order chi connectivity index (χ1) is 16.6. The maximum atomic E-state index is 13.1. The number of pyridine rings is 1. The smallest absolute Gasteiger partial charge is 0.259 e. The number of carbonyl (C=O) groups excluding carboxylic acids is 1. The van der Waals surface area contributed by atoms with Gasteiger partial charge in [0.2, 0.25) is 0 Å². The highest BCUT2D eigenvalue weighted by Gasteiger charge is 2.17. The number of hydrogen-bond donors (Lipinski definition) is 2. The van der Waals surface area contributed by atoms with Crippen LogP contribution in [0.4, 0.5) is 5.69 Å². The molecule has 0 saturated heterocycles. The lowest BCUT2D eigenvalue weighted by Gasteiger charge is -2.07. The van der Waals surface area contributed by atoms with E-state index >= 15 is 0 Å². The molecule has 6 aromatic rings. The van der Waals surface area contributed by atoms with Crippen molar-refractivity contribution in [3.63, 3.8) is 0 Å². The molecule has 2 N–H and O–H groups in total. The maximum absolute atomic E-state index is 13.1. The van der Waals surface area contributed by atoms with E-state index in [1.165, 1.54) is 10.9 Å². The minimum Gasteiger partial charge on any atom is -0.354 e. The molecule has 0 fully saturated rings. The van der Waals surface area contributed by atoms with Crippen molar-refractivity contribution in [1.82, 2.24) is 19.7 Å². The average molecular weight is 446 g/mol. The number of para-hydroxylation sites is 2. The van der Waals surface area contributed by atoms with Gasteiger partial charge in [-0.25, -0.2) is 9.67 Å². The zero-order valence-corrected chi connectivity index (χ0v) is 19.0. The topological polar surface area (TPSA) is 75.6 Å². The molecule has 1 amide bonds. The van der Waals surface area contributed by atoms with Gasteiger partial charge >= 0.3 is 0 Å². The highest BCUT2D eigenvalue weighted by atomic mass is 16.1. The van der Waals surface area contributed by atoms with Gasteiger partial charge < -0.3 is 10.3 Å². The molecule has 0 radical (unpaired) electrons. The molecule has 3 heterocycles. The van der Waals surface area contributed by atoms with E-state index in [9.17, 15) is 4.79 Å². The van der Waals surface area contributed by atoms with Crippen molar-refractivity contribution in [3.05, 3.63) is 95.8 Å². The largest absolute Gasteiger partial charge is 0.354 e. The third-order valence-corrected chi connectivity index (χ3v) is 6.41. The summed E-state index contributed by atoms with van der Waals surface area (Å²) in [6.45, 7) is 4.04. The van der Waals surface area contributed by atoms with E-state index in [4.69, 9.17) is 4.98 Å². The Morgan fingerprint density at radius 1 is 1.00 bits per heavy atom. The second-order valence-electron chi connectivity index (χ2n) is 8.45. The van der Waals surface area contributed by atoms with Gasteiger partial charge in [0, 0.05) is 32.9 Å². The quantitative estimate of drug-likeness (QED) is 0.340. The van der Waals surface area contributed by atoms with Crippen LogP contribution < -0.4 is 5.32 Å². The Kier molecular flexibility index (Phi) is 4.66. The standard InChI is InChI=1S/C28H23N5O/c1-3-18-8-6-9-22-21-13-12-20(15-25(21)32-27(18)22)30-28(34)23-16-29-33(17(23)2)26-14-11-19-7-4-5-10-24(19)31-26/h4-16,32H,3H2,1-2H3,(H,30,34). The summed E-state index contributed by atoms with van der Waals surface area (Å²) in [6.07, 6.45) is 2.56. The summed E-state index contributed by atoms with van der Waals surface area (Å²) in [5.41, 5.74) is 6.31. The van der Waals surface area contributed by atoms with Crippen LogP contribution in [-0.4, -0.2) is 25.7 Å². The first-order valence-corrected chi connectivity index (χ1v) is 11.4. The molecular weight excluding hydrogens is 422 g/mol. The van der Waals surface area contributed by atoms with Gasteiger partial charge in [-0.15, -0.1) is 0 Å². The molecule has 6 heteroatoms. The van der Waals surface area contributed by atoms with Crippen molar-refractivity contribution in [3.8, 4) is 5.82 Å². The van der Waals surface area contributed by atoms with Crippen LogP contribution in [0.1, 0.15) is 28.5 Å². The van der Waals surface area contributed by atoms with E-state index < -0.39 is 0 Å². The zero-order valence-electron chi connectivity index (χ0n) is 19.0. The minimum atomic E-state index is -0.200. The van der Waals surface area contributed by atoms with Crippen molar-refractivity contribution in [2.24, 2.45) is 0 Å². The van der Waals surface area contributed by atoms with Crippen LogP contribution in [0.15, 0.2) is 79.0 Å². The van der Waals surface area contributed by atoms with Crippen LogP contribution >= 0.6 is 0 Å². The number of nitrogens with zero attached hydrogens (tertiary/aromatic N) is 3. The van der Waals surface area contributed by atoms with Gasteiger partial charge in [-0.1, -0.05) is 49.4 Å². The third-order valence-electron chi connectivity index (χ3n) is 6.41. The first-order valence-electron chi connectivity index (χ1n) is 11.4. The Labute approximate surface area is 196 Å². The molecule has 0 unspecified atom stereocenters. The van der Waals surface area contributed by atoms with Crippen LogP contribution in [0.3, 0.4) is 0 Å². The van der Waals surface area contributed by atoms with Crippen molar-refractivity contribution < 1.29 is 4.79 Å². The van der Waals surface area contributed by atoms with Gasteiger partial charge in [0.1, 0.15) is 0 Å². The number of aryl methyl sites for hydroxylation is 1. The van der Waals surface area contributed by atoms with Crippen LogP contribution in [-0.2, 0) is 6.42 Å². The average Bonchev–Trinajstić information content (AvgIpc) is 3.43. The van der Waals surface area contributed by atoms with Crippen LogP contribution in [0.5, 0.6) is 0 Å². The van der Waals surface area contributed by atoms with Crippen molar-refractivity contribution in [2.75, 3.05) is 5.32 Å². The predicted octanol–water partition coefficient (Wildman–Crippen LogP) is 6.18. The Bertz CT molecular complexity index is 1710. The molecule has 0 aliphatic heterocycles. The lowest BCUT2D eigenvalue weighted by atomic mass is 10.1. The molecule has 0 saturated carbocycles. The first kappa shape index (κ1) is 20.2. The lowest BCUT2D eigenvalue weighted by Crippen LogP contribution is -2.13. The Hall–Kier alpha value is -4.45. The molecule has 3 aromatic carbocycles. The Morgan fingerprint density at radius 2 is 1.88 bits per heavy atom. The van der Waals surface area contributed by atoms with E-state index in [2.05, 4.69) is 46.6 Å². The predicted molar refractivity (Wildman–Crippen MR) is 137 cm³/mol. The van der Waals surface area contributed by atoms with Gasteiger partial charge in [0.15, 0.2) is 5.82 Å². The van der Waals surface area contributed by atoms with Crippen molar-refractivity contribution in [1.29, 1.82) is 0 Å². The summed E-state index contributed by atoms with van der Waals surface area (Å²) in [5, 5.41) is 10.9. The second kappa shape index (κ2) is 7.85. The number of rotatable bonds is 4. The minimum absolute atomic E-state index is 0.200. The Morgan fingerprint density at radius 3 is 2.76 bits per heavy atom. The number of hydrogen-bond acceptors (Lipinski definition) is 3. The highest BCUT2D eigenvalue weighted by molar-refractivity contribution is 6.10. The number of anilines is 1. The van der Waals surface area contributed by atoms with E-state index in [1.807, 2.05) is 55.5 Å². The van der Waals surface area contributed by atoms with E-state index in [1.54, 1.807) is 10.9 Å². The molecule has 6 rings (SSSR count). The molecule has 0 spiro atoms.